The third-order valence-electron chi connectivity index (χ3n) is 3.72. The molecule has 5 heteroatoms. The van der Waals surface area contributed by atoms with Crippen LogP contribution in [0, 0.1) is 0 Å². The number of hydrogen-bond donors (Lipinski definition) is 1. The minimum atomic E-state index is -2.78. The van der Waals surface area contributed by atoms with Crippen molar-refractivity contribution in [1.82, 2.24) is 5.32 Å². The van der Waals surface area contributed by atoms with Crippen molar-refractivity contribution in [2.45, 2.75) is 24.8 Å². The lowest BCUT2D eigenvalue weighted by molar-refractivity contribution is 0.292. The number of rotatable bonds is 0. The molecule has 1 spiro atoms. The van der Waals surface area contributed by atoms with Gasteiger partial charge in [0.1, 0.15) is 9.84 Å². The second-order valence-electron chi connectivity index (χ2n) is 4.69. The van der Waals surface area contributed by atoms with E-state index in [1.807, 2.05) is 0 Å². The highest BCUT2D eigenvalue weighted by Crippen LogP contribution is 2.40. The van der Waals surface area contributed by atoms with E-state index in [0.717, 1.165) is 25.8 Å². The molecule has 88 valence electrons. The summed E-state index contributed by atoms with van der Waals surface area (Å²) >= 11 is 1.77. The Hall–Kier alpha value is -0.390. The average molecular weight is 257 g/mol. The minimum absolute atomic E-state index is 0.0347. The van der Waals surface area contributed by atoms with Crippen LogP contribution in [0.2, 0.25) is 0 Å². The quantitative estimate of drug-likeness (QED) is 0.762. The fourth-order valence-electron chi connectivity index (χ4n) is 2.76. The molecule has 0 unspecified atom stereocenters. The largest absolute Gasteiger partial charge is 0.306 e. The van der Waals surface area contributed by atoms with E-state index in [1.54, 1.807) is 11.3 Å². The number of hydrogen-bond acceptors (Lipinski definition) is 4. The molecule has 1 N–H and O–H groups in total. The fourth-order valence-corrected chi connectivity index (χ4v) is 5.47. The van der Waals surface area contributed by atoms with E-state index >= 15 is 0 Å². The van der Waals surface area contributed by atoms with Crippen LogP contribution in [-0.4, -0.2) is 26.5 Å². The van der Waals surface area contributed by atoms with Gasteiger partial charge in [-0.1, -0.05) is 0 Å². The highest BCUT2D eigenvalue weighted by atomic mass is 32.2. The SMILES string of the molecule is O=S1(=O)CCC2(CC1)NCCc1ccsc12. The molecule has 0 bridgehead atoms. The van der Waals surface area contributed by atoms with Gasteiger partial charge in [0.2, 0.25) is 0 Å². The molecule has 3 rings (SSSR count). The minimum Gasteiger partial charge on any atom is -0.306 e. The molecule has 1 aromatic heterocycles. The van der Waals surface area contributed by atoms with Crippen LogP contribution in [0.25, 0.3) is 0 Å². The van der Waals surface area contributed by atoms with E-state index in [9.17, 15) is 8.42 Å². The summed E-state index contributed by atoms with van der Waals surface area (Å²) in [5.41, 5.74) is 1.38. The zero-order valence-corrected chi connectivity index (χ0v) is 10.7. The van der Waals surface area contributed by atoms with Crippen molar-refractivity contribution in [3.05, 3.63) is 21.9 Å². The second kappa shape index (κ2) is 3.55. The zero-order chi connectivity index (χ0) is 11.2. The number of sulfone groups is 1. The van der Waals surface area contributed by atoms with Crippen molar-refractivity contribution >= 4 is 21.2 Å². The van der Waals surface area contributed by atoms with Gasteiger partial charge >= 0.3 is 0 Å². The molecule has 2 aliphatic heterocycles. The third kappa shape index (κ3) is 1.61. The Balaban J connectivity index is 1.97. The van der Waals surface area contributed by atoms with E-state index in [1.165, 1.54) is 10.4 Å². The Bertz CT molecular complexity index is 490. The molecule has 0 atom stereocenters. The molecular formula is C11H15NO2S2. The normalized spacial score (nSPS) is 26.5. The summed E-state index contributed by atoms with van der Waals surface area (Å²) in [4.78, 5) is 1.38. The van der Waals surface area contributed by atoms with Crippen molar-refractivity contribution in [1.29, 1.82) is 0 Å². The predicted octanol–water partition coefficient (Wildman–Crippen LogP) is 1.30. The predicted molar refractivity (Wildman–Crippen MR) is 65.6 cm³/mol. The summed E-state index contributed by atoms with van der Waals surface area (Å²) in [7, 11) is -2.78. The van der Waals surface area contributed by atoms with Crippen LogP contribution < -0.4 is 5.32 Å². The summed E-state index contributed by atoms with van der Waals surface area (Å²) in [5, 5.41) is 5.69. The molecular weight excluding hydrogens is 242 g/mol. The van der Waals surface area contributed by atoms with Crippen LogP contribution in [-0.2, 0) is 21.8 Å². The number of nitrogens with one attached hydrogen (secondary N) is 1. The first-order valence-electron chi connectivity index (χ1n) is 5.64. The van der Waals surface area contributed by atoms with Gasteiger partial charge in [-0.15, -0.1) is 11.3 Å². The summed E-state index contributed by atoms with van der Waals surface area (Å²) in [6.45, 7) is 0.976. The molecule has 1 fully saturated rings. The Kier molecular flexibility index (Phi) is 2.38. The van der Waals surface area contributed by atoms with Crippen molar-refractivity contribution in [3.63, 3.8) is 0 Å². The van der Waals surface area contributed by atoms with E-state index in [2.05, 4.69) is 16.8 Å². The van der Waals surface area contributed by atoms with Gasteiger partial charge in [-0.05, 0) is 36.3 Å². The Morgan fingerprint density at radius 3 is 2.81 bits per heavy atom. The third-order valence-corrected chi connectivity index (χ3v) is 6.53. The van der Waals surface area contributed by atoms with Crippen molar-refractivity contribution in [2.24, 2.45) is 0 Å². The van der Waals surface area contributed by atoms with Crippen LogP contribution in [0.15, 0.2) is 11.4 Å². The summed E-state index contributed by atoms with van der Waals surface area (Å²) in [6.07, 6.45) is 2.55. The molecule has 3 nitrogen and oxygen atoms in total. The molecule has 0 amide bonds. The highest BCUT2D eigenvalue weighted by molar-refractivity contribution is 7.91. The van der Waals surface area contributed by atoms with Gasteiger partial charge < -0.3 is 5.32 Å². The van der Waals surface area contributed by atoms with Crippen LogP contribution in [0.3, 0.4) is 0 Å². The maximum Gasteiger partial charge on any atom is 0.150 e. The molecule has 0 aliphatic carbocycles. The molecule has 0 saturated carbocycles. The van der Waals surface area contributed by atoms with Crippen molar-refractivity contribution in [3.8, 4) is 0 Å². The first kappa shape index (κ1) is 10.7. The summed E-state index contributed by atoms with van der Waals surface area (Å²) in [6, 6.07) is 2.19. The number of thiophene rings is 1. The molecule has 3 heterocycles. The fraction of sp³-hybridized carbons (Fsp3) is 0.636. The van der Waals surface area contributed by atoms with E-state index in [-0.39, 0.29) is 5.54 Å². The van der Waals surface area contributed by atoms with Gasteiger partial charge in [0, 0.05) is 11.4 Å². The lowest BCUT2D eigenvalue weighted by Crippen LogP contribution is -2.51. The van der Waals surface area contributed by atoms with Crippen molar-refractivity contribution in [2.75, 3.05) is 18.1 Å². The Morgan fingerprint density at radius 2 is 2.06 bits per heavy atom. The van der Waals surface area contributed by atoms with E-state index in [4.69, 9.17) is 0 Å². The topological polar surface area (TPSA) is 46.2 Å². The van der Waals surface area contributed by atoms with E-state index < -0.39 is 9.84 Å². The molecule has 16 heavy (non-hydrogen) atoms. The van der Waals surface area contributed by atoms with Crippen LogP contribution >= 0.6 is 11.3 Å². The maximum absolute atomic E-state index is 11.5. The second-order valence-corrected chi connectivity index (χ2v) is 7.91. The van der Waals surface area contributed by atoms with Gasteiger partial charge in [0.15, 0.2) is 0 Å². The van der Waals surface area contributed by atoms with Crippen LogP contribution in [0.1, 0.15) is 23.3 Å². The summed E-state index contributed by atoms with van der Waals surface area (Å²) < 4.78 is 23.0. The average Bonchev–Trinajstić information content (AvgIpc) is 2.72. The smallest absolute Gasteiger partial charge is 0.150 e. The van der Waals surface area contributed by atoms with Gasteiger partial charge in [-0.2, -0.15) is 0 Å². The van der Waals surface area contributed by atoms with Gasteiger partial charge in [-0.3, -0.25) is 0 Å². The molecule has 2 aliphatic rings. The first-order valence-corrected chi connectivity index (χ1v) is 8.34. The van der Waals surface area contributed by atoms with E-state index in [0.29, 0.717) is 11.5 Å². The molecule has 0 aromatic carbocycles. The number of fused-ring (bicyclic) bond motifs is 2. The highest BCUT2D eigenvalue weighted by Gasteiger charge is 2.41. The first-order chi connectivity index (χ1) is 7.61. The zero-order valence-electron chi connectivity index (χ0n) is 9.03. The Labute approximate surface area is 99.8 Å². The van der Waals surface area contributed by atoms with Gasteiger partial charge in [0.25, 0.3) is 0 Å². The maximum atomic E-state index is 11.5. The van der Waals surface area contributed by atoms with Gasteiger partial charge in [-0.25, -0.2) is 8.42 Å². The Morgan fingerprint density at radius 1 is 1.31 bits per heavy atom. The lowest BCUT2D eigenvalue weighted by Gasteiger charge is -2.41. The summed E-state index contributed by atoms with van der Waals surface area (Å²) in [5.74, 6) is 0.661. The monoisotopic (exact) mass is 257 g/mol. The molecule has 1 saturated heterocycles. The van der Waals surface area contributed by atoms with Gasteiger partial charge in [0.05, 0.1) is 17.0 Å². The lowest BCUT2D eigenvalue weighted by atomic mass is 9.85. The van der Waals surface area contributed by atoms with Crippen molar-refractivity contribution < 1.29 is 8.42 Å². The molecule has 0 radical (unpaired) electrons. The molecule has 1 aromatic rings. The van der Waals surface area contributed by atoms with Crippen LogP contribution in [0.4, 0.5) is 0 Å². The van der Waals surface area contributed by atoms with Crippen LogP contribution in [0.5, 0.6) is 0 Å². The standard InChI is InChI=1S/C11H15NO2S2/c13-16(14)7-3-11(4-8-16)10-9(1-5-12-11)2-6-15-10/h2,6,12H,1,3-5,7-8H2.